The molecule has 2 aromatic carbocycles. The number of hydrogen-bond acceptors (Lipinski definition) is 7. The molecule has 2 aromatic heterocycles. The fourth-order valence-electron chi connectivity index (χ4n) is 3.68. The van der Waals surface area contributed by atoms with E-state index < -0.39 is 27.9 Å². The van der Waals surface area contributed by atoms with Crippen LogP contribution < -0.4 is 4.74 Å². The van der Waals surface area contributed by atoms with E-state index in [4.69, 9.17) is 9.47 Å². The molecule has 0 saturated carbocycles. The zero-order valence-electron chi connectivity index (χ0n) is 20.0. The number of ether oxygens (including phenoxy) is 2. The summed E-state index contributed by atoms with van der Waals surface area (Å²) in [6, 6.07) is 16.6. The maximum Gasteiger partial charge on any atom is 0.339 e. The minimum absolute atomic E-state index is 0.0204. The molecule has 0 saturated heterocycles. The Morgan fingerprint density at radius 1 is 1.05 bits per heavy atom. The Hall–Kier alpha value is -4.12. The predicted molar refractivity (Wildman–Crippen MR) is 133 cm³/mol. The van der Waals surface area contributed by atoms with Gasteiger partial charge in [-0.2, -0.15) is 5.10 Å². The summed E-state index contributed by atoms with van der Waals surface area (Å²) in [7, 11) is -1.95. The highest BCUT2D eigenvalue weighted by Crippen LogP contribution is 2.37. The van der Waals surface area contributed by atoms with Crippen LogP contribution in [0, 0.1) is 0 Å². The van der Waals surface area contributed by atoms with Crippen molar-refractivity contribution in [1.29, 1.82) is 0 Å². The van der Waals surface area contributed by atoms with Crippen molar-refractivity contribution in [3.8, 4) is 28.1 Å². The van der Waals surface area contributed by atoms with E-state index in [1.165, 1.54) is 36.3 Å². The molecule has 8 nitrogen and oxygen atoms in total. The quantitative estimate of drug-likeness (QED) is 0.285. The average Bonchev–Trinajstić information content (AvgIpc) is 3.34. The molecule has 0 aliphatic carbocycles. The first-order valence-corrected chi connectivity index (χ1v) is 13.1. The molecule has 11 heteroatoms. The lowest BCUT2D eigenvalue weighted by Crippen LogP contribution is -2.09. The van der Waals surface area contributed by atoms with E-state index in [0.717, 1.165) is 11.8 Å². The molecule has 0 unspecified atom stereocenters. The number of sulfone groups is 1. The second-order valence-electron chi connectivity index (χ2n) is 8.23. The number of esters is 1. The predicted octanol–water partition coefficient (Wildman–Crippen LogP) is 4.92. The van der Waals surface area contributed by atoms with Gasteiger partial charge in [-0.1, -0.05) is 36.4 Å². The van der Waals surface area contributed by atoms with Crippen LogP contribution in [-0.4, -0.2) is 42.5 Å². The Balaban J connectivity index is 1.79. The minimum Gasteiger partial charge on any atom is -0.494 e. The van der Waals surface area contributed by atoms with Crippen molar-refractivity contribution >= 4 is 15.8 Å². The third-order valence-corrected chi connectivity index (χ3v) is 6.11. The number of carbonyl (C=O) groups excluding carboxylic acids is 1. The smallest absolute Gasteiger partial charge is 0.339 e. The van der Waals surface area contributed by atoms with Crippen molar-refractivity contribution in [3.05, 3.63) is 89.9 Å². The molecule has 4 rings (SSSR count). The summed E-state index contributed by atoms with van der Waals surface area (Å²) in [6.07, 6.45) is 0.940. The van der Waals surface area contributed by atoms with Crippen molar-refractivity contribution in [2.75, 3.05) is 13.4 Å². The van der Waals surface area contributed by atoms with Crippen LogP contribution in [0.5, 0.6) is 5.75 Å². The number of methoxy groups -OCH3 is 1. The molecule has 0 amide bonds. The maximum absolute atomic E-state index is 13.5. The largest absolute Gasteiger partial charge is 0.494 e. The van der Waals surface area contributed by atoms with Crippen LogP contribution in [-0.2, 0) is 27.1 Å². The number of nitrogens with zero attached hydrogens (tertiary/aromatic N) is 3. The summed E-state index contributed by atoms with van der Waals surface area (Å²) >= 11 is 0. The van der Waals surface area contributed by atoms with Gasteiger partial charge in [0, 0.05) is 29.1 Å². The average molecular weight is 528 g/mol. The standard InChI is InChI=1S/C26H23F2N3O5S/c1-35-24-14-29-23(25(27)28)13-21(24)20-12-18(22-10-11-31(30-22)16-37(2,33)34)8-9-19(20)26(32)36-15-17-6-4-3-5-7-17/h3-14,25H,15-16H2,1-2H3. The van der Waals surface area contributed by atoms with Crippen molar-refractivity contribution in [1.82, 2.24) is 14.8 Å². The first kappa shape index (κ1) is 26.0. The van der Waals surface area contributed by atoms with E-state index in [2.05, 4.69) is 10.1 Å². The van der Waals surface area contributed by atoms with Gasteiger partial charge < -0.3 is 9.47 Å². The van der Waals surface area contributed by atoms with Crippen LogP contribution >= 0.6 is 0 Å². The Labute approximate surface area is 212 Å². The fraction of sp³-hybridized carbons (Fsp3) is 0.192. The number of alkyl halides is 2. The maximum atomic E-state index is 13.5. The lowest BCUT2D eigenvalue weighted by molar-refractivity contribution is 0.0473. The second kappa shape index (κ2) is 10.9. The Kier molecular flexibility index (Phi) is 7.63. The molecule has 4 aromatic rings. The summed E-state index contributed by atoms with van der Waals surface area (Å²) in [6.45, 7) is 0.0204. The minimum atomic E-state index is -3.32. The Morgan fingerprint density at radius 3 is 2.49 bits per heavy atom. The topological polar surface area (TPSA) is 100 Å². The monoisotopic (exact) mass is 527 g/mol. The molecule has 0 atom stereocenters. The van der Waals surface area contributed by atoms with Crippen molar-refractivity contribution < 1.29 is 31.5 Å². The molecule has 0 spiro atoms. The van der Waals surface area contributed by atoms with Crippen LogP contribution in [0.2, 0.25) is 0 Å². The van der Waals surface area contributed by atoms with E-state index >= 15 is 0 Å². The highest BCUT2D eigenvalue weighted by molar-refractivity contribution is 7.89. The summed E-state index contributed by atoms with van der Waals surface area (Å²) in [5.74, 6) is -0.786. The third kappa shape index (κ3) is 6.36. The Morgan fingerprint density at radius 2 is 1.81 bits per heavy atom. The van der Waals surface area contributed by atoms with E-state index in [0.29, 0.717) is 11.3 Å². The van der Waals surface area contributed by atoms with Gasteiger partial charge in [0.15, 0.2) is 9.84 Å². The van der Waals surface area contributed by atoms with E-state index in [1.54, 1.807) is 18.2 Å². The molecule has 0 aliphatic heterocycles. The van der Waals surface area contributed by atoms with Gasteiger partial charge in [-0.05, 0) is 29.8 Å². The highest BCUT2D eigenvalue weighted by atomic mass is 32.2. The molecule has 2 heterocycles. The van der Waals surface area contributed by atoms with Gasteiger partial charge >= 0.3 is 5.97 Å². The molecule has 37 heavy (non-hydrogen) atoms. The van der Waals surface area contributed by atoms with Crippen LogP contribution in [0.25, 0.3) is 22.4 Å². The molecule has 0 bridgehead atoms. The summed E-state index contributed by atoms with van der Waals surface area (Å²) in [5.41, 5.74) is 1.87. The van der Waals surface area contributed by atoms with Crippen molar-refractivity contribution in [3.63, 3.8) is 0 Å². The number of pyridine rings is 1. The van der Waals surface area contributed by atoms with Gasteiger partial charge in [0.25, 0.3) is 6.43 Å². The number of carbonyl (C=O) groups is 1. The first-order valence-electron chi connectivity index (χ1n) is 11.0. The zero-order chi connectivity index (χ0) is 26.6. The Bertz CT molecular complexity index is 1520. The van der Waals surface area contributed by atoms with Crippen molar-refractivity contribution in [2.24, 2.45) is 0 Å². The number of aromatic nitrogens is 3. The van der Waals surface area contributed by atoms with Crippen LogP contribution in [0.4, 0.5) is 8.78 Å². The molecular weight excluding hydrogens is 504 g/mol. The van der Waals surface area contributed by atoms with Crippen LogP contribution in [0.15, 0.2) is 73.1 Å². The van der Waals surface area contributed by atoms with Crippen molar-refractivity contribution in [2.45, 2.75) is 18.9 Å². The van der Waals surface area contributed by atoms with Gasteiger partial charge in [-0.3, -0.25) is 9.67 Å². The van der Waals surface area contributed by atoms with Gasteiger partial charge in [-0.25, -0.2) is 22.0 Å². The lowest BCUT2D eigenvalue weighted by Gasteiger charge is -2.15. The summed E-state index contributed by atoms with van der Waals surface area (Å²) < 4.78 is 62.4. The molecule has 0 radical (unpaired) electrons. The molecular formula is C26H23F2N3O5S. The van der Waals surface area contributed by atoms with Crippen LogP contribution in [0.1, 0.15) is 28.0 Å². The summed E-state index contributed by atoms with van der Waals surface area (Å²) in [4.78, 5) is 16.9. The molecule has 192 valence electrons. The van der Waals surface area contributed by atoms with Crippen LogP contribution in [0.3, 0.4) is 0 Å². The molecule has 0 N–H and O–H groups in total. The first-order chi connectivity index (χ1) is 17.6. The zero-order valence-corrected chi connectivity index (χ0v) is 20.8. The van der Waals surface area contributed by atoms with E-state index in [-0.39, 0.29) is 34.9 Å². The lowest BCUT2D eigenvalue weighted by atomic mass is 9.95. The van der Waals surface area contributed by atoms with Gasteiger partial charge in [0.2, 0.25) is 0 Å². The van der Waals surface area contributed by atoms with Gasteiger partial charge in [0.05, 0.1) is 24.6 Å². The van der Waals surface area contributed by atoms with E-state index in [1.807, 2.05) is 30.3 Å². The number of halogens is 2. The SMILES string of the molecule is COc1cnc(C(F)F)cc1-c1cc(-c2ccn(CS(C)(=O)=O)n2)ccc1C(=O)OCc1ccccc1. The highest BCUT2D eigenvalue weighted by Gasteiger charge is 2.22. The van der Waals surface area contributed by atoms with E-state index in [9.17, 15) is 22.0 Å². The molecule has 0 fully saturated rings. The third-order valence-electron chi connectivity index (χ3n) is 5.38. The van der Waals surface area contributed by atoms with Gasteiger partial charge in [-0.15, -0.1) is 0 Å². The number of benzene rings is 2. The van der Waals surface area contributed by atoms with Gasteiger partial charge in [0.1, 0.15) is 23.9 Å². The number of rotatable bonds is 9. The molecule has 0 aliphatic rings. The summed E-state index contributed by atoms with van der Waals surface area (Å²) in [5, 5.41) is 4.30. The normalized spacial score (nSPS) is 11.5. The second-order valence-corrected chi connectivity index (χ2v) is 10.3. The fourth-order valence-corrected chi connectivity index (χ4v) is 4.31. The number of hydrogen-bond donors (Lipinski definition) is 0.